The number of carbonyl (C=O) groups excluding carboxylic acids is 2. The molecule has 178 valence electrons. The monoisotopic (exact) mass is 478 g/mol. The van der Waals surface area contributed by atoms with Crippen molar-refractivity contribution in [2.24, 2.45) is 0 Å². The molecule has 8 nitrogen and oxygen atoms in total. The fourth-order valence-corrected chi connectivity index (χ4v) is 2.73. The summed E-state index contributed by atoms with van der Waals surface area (Å²) in [5.74, 6) is -1.15. The van der Waals surface area contributed by atoms with Crippen LogP contribution < -0.4 is 20.1 Å². The van der Waals surface area contributed by atoms with E-state index >= 15 is 0 Å². The Morgan fingerprint density at radius 1 is 0.706 bits per heavy atom. The van der Waals surface area contributed by atoms with Gasteiger partial charge in [0, 0.05) is 19.2 Å². The van der Waals surface area contributed by atoms with E-state index < -0.39 is 25.0 Å². The van der Waals surface area contributed by atoms with Gasteiger partial charge in [0.05, 0.1) is 0 Å². The summed E-state index contributed by atoms with van der Waals surface area (Å²) in [7, 11) is 0. The topological polar surface area (TPSA) is 102 Å². The summed E-state index contributed by atoms with van der Waals surface area (Å²) in [5, 5.41) is 5.21. The Morgan fingerprint density at radius 3 is 1.44 bits per heavy atom. The summed E-state index contributed by atoms with van der Waals surface area (Å²) in [6.07, 6.45) is 1.07. The molecular weight excluding hydrogens is 460 g/mol. The van der Waals surface area contributed by atoms with Crippen molar-refractivity contribution in [3.63, 3.8) is 0 Å². The lowest BCUT2D eigenvalue weighted by atomic mass is 10.2. The number of hydrogen-bond acceptors (Lipinski definition) is 6. The van der Waals surface area contributed by atoms with E-state index in [1.54, 1.807) is 0 Å². The van der Waals surface area contributed by atoms with Gasteiger partial charge in [-0.05, 0) is 35.4 Å². The molecule has 0 aliphatic heterocycles. The van der Waals surface area contributed by atoms with Crippen LogP contribution in [0.15, 0.2) is 60.9 Å². The third-order valence-corrected chi connectivity index (χ3v) is 4.34. The Bertz CT molecular complexity index is 1030. The van der Waals surface area contributed by atoms with Gasteiger partial charge in [-0.25, -0.2) is 9.97 Å². The van der Waals surface area contributed by atoms with Crippen molar-refractivity contribution >= 4 is 11.8 Å². The first-order valence-corrected chi connectivity index (χ1v) is 9.76. The molecule has 1 heterocycles. The Labute approximate surface area is 190 Å². The summed E-state index contributed by atoms with van der Waals surface area (Å²) in [4.78, 5) is 32.4. The average Bonchev–Trinajstić information content (AvgIpc) is 2.82. The summed E-state index contributed by atoms with van der Waals surface area (Å²) < 4.78 is 57.3. The van der Waals surface area contributed by atoms with E-state index in [-0.39, 0.29) is 36.0 Å². The largest absolute Gasteiger partial charge is 0.435 e. The van der Waals surface area contributed by atoms with Gasteiger partial charge in [-0.15, -0.1) is 0 Å². The van der Waals surface area contributed by atoms with E-state index in [2.05, 4.69) is 30.1 Å². The van der Waals surface area contributed by atoms with Crippen LogP contribution in [0.3, 0.4) is 0 Å². The molecule has 0 saturated heterocycles. The van der Waals surface area contributed by atoms with Crippen LogP contribution in [0.25, 0.3) is 0 Å². The third kappa shape index (κ3) is 7.43. The molecule has 3 aromatic rings. The normalized spacial score (nSPS) is 10.8. The second-order valence-electron chi connectivity index (χ2n) is 6.70. The highest BCUT2D eigenvalue weighted by Crippen LogP contribution is 2.16. The lowest BCUT2D eigenvalue weighted by Crippen LogP contribution is -2.27. The number of amides is 2. The number of aromatic nitrogens is 2. The molecule has 34 heavy (non-hydrogen) atoms. The molecule has 0 unspecified atom stereocenters. The number of carbonyl (C=O) groups is 2. The van der Waals surface area contributed by atoms with Gasteiger partial charge < -0.3 is 20.1 Å². The first kappa shape index (κ1) is 24.4. The maximum absolute atomic E-state index is 12.4. The Hall–Kier alpha value is -4.22. The van der Waals surface area contributed by atoms with Crippen molar-refractivity contribution < 1.29 is 36.6 Å². The van der Waals surface area contributed by atoms with Gasteiger partial charge in [-0.2, -0.15) is 17.6 Å². The molecule has 2 aromatic carbocycles. The first-order chi connectivity index (χ1) is 16.3. The molecule has 0 spiro atoms. The van der Waals surface area contributed by atoms with E-state index in [0.717, 1.165) is 6.33 Å². The molecule has 0 radical (unpaired) electrons. The quantitative estimate of drug-likeness (QED) is 0.432. The van der Waals surface area contributed by atoms with Gasteiger partial charge in [-0.1, -0.05) is 24.3 Å². The van der Waals surface area contributed by atoms with Gasteiger partial charge in [-0.3, -0.25) is 9.59 Å². The number of rotatable bonds is 10. The zero-order chi connectivity index (χ0) is 24.5. The number of nitrogens with zero attached hydrogens (tertiary/aromatic N) is 2. The molecule has 2 N–H and O–H groups in total. The van der Waals surface area contributed by atoms with E-state index in [4.69, 9.17) is 0 Å². The van der Waals surface area contributed by atoms with Crippen LogP contribution in [0, 0.1) is 0 Å². The lowest BCUT2D eigenvalue weighted by Gasteiger charge is -2.09. The van der Waals surface area contributed by atoms with Crippen molar-refractivity contribution in [2.45, 2.75) is 26.3 Å². The third-order valence-electron chi connectivity index (χ3n) is 4.34. The molecule has 3 rings (SSSR count). The molecule has 12 heteroatoms. The zero-order valence-electron chi connectivity index (χ0n) is 17.4. The molecule has 0 saturated carbocycles. The Kier molecular flexibility index (Phi) is 8.32. The Morgan fingerprint density at radius 2 is 1.09 bits per heavy atom. The standard InChI is InChI=1S/C22H18F4N4O4/c23-21(24)33-15-5-1-13(2-6-15)10-27-19(31)17-9-18(30-12-29-17)20(32)28-11-14-3-7-16(8-4-14)34-22(25)26/h1-9,12,21-22H,10-11H2,(H,27,31)(H,28,32). The van der Waals surface area contributed by atoms with Gasteiger partial charge in [0.1, 0.15) is 29.2 Å². The van der Waals surface area contributed by atoms with Crippen LogP contribution in [0.5, 0.6) is 11.5 Å². The number of nitrogens with one attached hydrogen (secondary N) is 2. The number of benzene rings is 2. The summed E-state index contributed by atoms with van der Waals surface area (Å²) >= 11 is 0. The SMILES string of the molecule is O=C(NCc1ccc(OC(F)F)cc1)c1cc(C(=O)NCc2ccc(OC(F)F)cc2)ncn1. The van der Waals surface area contributed by atoms with Crippen molar-refractivity contribution in [3.05, 3.63) is 83.4 Å². The maximum atomic E-state index is 12.4. The highest BCUT2D eigenvalue weighted by molar-refractivity contribution is 5.97. The van der Waals surface area contributed by atoms with Gasteiger partial charge in [0.15, 0.2) is 0 Å². The minimum Gasteiger partial charge on any atom is -0.435 e. The summed E-state index contributed by atoms with van der Waals surface area (Å²) in [5.41, 5.74) is 1.16. The van der Waals surface area contributed by atoms with Crippen LogP contribution in [0.1, 0.15) is 32.1 Å². The lowest BCUT2D eigenvalue weighted by molar-refractivity contribution is -0.0505. The van der Waals surface area contributed by atoms with Gasteiger partial charge >= 0.3 is 13.2 Å². The van der Waals surface area contributed by atoms with Crippen LogP contribution >= 0.6 is 0 Å². The summed E-state index contributed by atoms with van der Waals surface area (Å²) in [6.45, 7) is -5.68. The highest BCUT2D eigenvalue weighted by atomic mass is 19.3. The minimum absolute atomic E-state index is 0.00559. The van der Waals surface area contributed by atoms with Crippen LogP contribution in [0.4, 0.5) is 17.6 Å². The van der Waals surface area contributed by atoms with Crippen molar-refractivity contribution in [1.29, 1.82) is 0 Å². The predicted octanol–water partition coefficient (Wildman–Crippen LogP) is 3.54. The minimum atomic E-state index is -2.93. The van der Waals surface area contributed by atoms with Crippen LogP contribution in [-0.4, -0.2) is 35.0 Å². The predicted molar refractivity (Wildman–Crippen MR) is 111 cm³/mol. The van der Waals surface area contributed by atoms with Gasteiger partial charge in [0.2, 0.25) is 0 Å². The number of ether oxygens (including phenoxy) is 2. The van der Waals surface area contributed by atoms with Crippen molar-refractivity contribution in [2.75, 3.05) is 0 Å². The average molecular weight is 478 g/mol. The molecule has 2 amide bonds. The number of alkyl halides is 4. The fourth-order valence-electron chi connectivity index (χ4n) is 2.73. The van der Waals surface area contributed by atoms with E-state index in [0.29, 0.717) is 11.1 Å². The molecule has 0 aliphatic rings. The maximum Gasteiger partial charge on any atom is 0.387 e. The van der Waals surface area contributed by atoms with Crippen molar-refractivity contribution in [3.8, 4) is 11.5 Å². The fraction of sp³-hybridized carbons (Fsp3) is 0.182. The second kappa shape index (κ2) is 11.6. The molecule has 0 bridgehead atoms. The van der Waals surface area contributed by atoms with E-state index in [9.17, 15) is 27.2 Å². The van der Waals surface area contributed by atoms with Crippen LogP contribution in [-0.2, 0) is 13.1 Å². The number of hydrogen-bond donors (Lipinski definition) is 2. The summed E-state index contributed by atoms with van der Waals surface area (Å²) in [6, 6.07) is 12.7. The molecule has 0 fully saturated rings. The zero-order valence-corrected chi connectivity index (χ0v) is 17.4. The van der Waals surface area contributed by atoms with E-state index in [1.807, 2.05) is 0 Å². The molecular formula is C22H18F4N4O4. The Balaban J connectivity index is 1.52. The van der Waals surface area contributed by atoms with Crippen LogP contribution in [0.2, 0.25) is 0 Å². The number of halogens is 4. The smallest absolute Gasteiger partial charge is 0.387 e. The molecule has 0 aliphatic carbocycles. The van der Waals surface area contributed by atoms with Gasteiger partial charge in [0.25, 0.3) is 11.8 Å². The second-order valence-corrected chi connectivity index (χ2v) is 6.70. The van der Waals surface area contributed by atoms with E-state index in [1.165, 1.54) is 54.6 Å². The highest BCUT2D eigenvalue weighted by Gasteiger charge is 2.13. The molecule has 1 aromatic heterocycles. The molecule has 0 atom stereocenters. The van der Waals surface area contributed by atoms with Crippen molar-refractivity contribution in [1.82, 2.24) is 20.6 Å². The first-order valence-electron chi connectivity index (χ1n) is 9.76.